The summed E-state index contributed by atoms with van der Waals surface area (Å²) in [5, 5.41) is 2.95. The second-order valence-electron chi connectivity index (χ2n) is 5.37. The lowest BCUT2D eigenvalue weighted by Gasteiger charge is -2.20. The summed E-state index contributed by atoms with van der Waals surface area (Å²) in [4.78, 5) is 0. The van der Waals surface area contributed by atoms with Gasteiger partial charge in [0, 0.05) is 5.56 Å². The van der Waals surface area contributed by atoms with Crippen molar-refractivity contribution < 1.29 is 8.78 Å². The van der Waals surface area contributed by atoms with Crippen molar-refractivity contribution in [2.75, 3.05) is 13.1 Å². The van der Waals surface area contributed by atoms with Crippen LogP contribution in [0.4, 0.5) is 8.78 Å². The summed E-state index contributed by atoms with van der Waals surface area (Å²) >= 11 is 0. The molecule has 0 spiro atoms. The van der Waals surface area contributed by atoms with Gasteiger partial charge in [-0.2, -0.15) is 8.78 Å². The highest BCUT2D eigenvalue weighted by Crippen LogP contribution is 2.31. The van der Waals surface area contributed by atoms with Gasteiger partial charge in [0.2, 0.25) is 0 Å². The van der Waals surface area contributed by atoms with E-state index in [0.717, 1.165) is 0 Å². The molecule has 1 aliphatic carbocycles. The van der Waals surface area contributed by atoms with Gasteiger partial charge in [-0.05, 0) is 24.8 Å². The van der Waals surface area contributed by atoms with Gasteiger partial charge in [0.05, 0.1) is 6.54 Å². The van der Waals surface area contributed by atoms with Gasteiger partial charge in [-0.1, -0.05) is 50.1 Å². The Bertz CT molecular complexity index is 364. The molecule has 1 N–H and O–H groups in total. The number of hydrogen-bond donors (Lipinski definition) is 1. The molecule has 2 atom stereocenters. The van der Waals surface area contributed by atoms with E-state index in [4.69, 9.17) is 0 Å². The molecule has 0 radical (unpaired) electrons. The van der Waals surface area contributed by atoms with E-state index in [1.54, 1.807) is 18.2 Å². The first-order valence-corrected chi connectivity index (χ1v) is 6.73. The molecular weight excluding hydrogens is 232 g/mol. The summed E-state index contributed by atoms with van der Waals surface area (Å²) in [5.74, 6) is -1.54. The molecule has 1 aromatic carbocycles. The molecule has 0 bridgehead atoms. The summed E-state index contributed by atoms with van der Waals surface area (Å²) in [6.45, 7) is 2.67. The van der Waals surface area contributed by atoms with E-state index in [-0.39, 0.29) is 12.1 Å². The van der Waals surface area contributed by atoms with Gasteiger partial charge >= 0.3 is 0 Å². The summed E-state index contributed by atoms with van der Waals surface area (Å²) in [6, 6.07) is 8.04. The molecule has 1 saturated carbocycles. The Hall–Kier alpha value is -0.960. The van der Waals surface area contributed by atoms with Crippen LogP contribution in [0.5, 0.6) is 0 Å². The fourth-order valence-corrected chi connectivity index (χ4v) is 2.72. The Morgan fingerprint density at radius 3 is 2.56 bits per heavy atom. The van der Waals surface area contributed by atoms with Gasteiger partial charge in [-0.3, -0.25) is 0 Å². The zero-order valence-electron chi connectivity index (χ0n) is 10.8. The molecule has 0 amide bonds. The molecule has 3 heteroatoms. The largest absolute Gasteiger partial charge is 0.311 e. The van der Waals surface area contributed by atoms with Gasteiger partial charge in [0.25, 0.3) is 5.92 Å². The molecule has 0 heterocycles. The van der Waals surface area contributed by atoms with Crippen LogP contribution in [0, 0.1) is 11.8 Å². The quantitative estimate of drug-likeness (QED) is 0.841. The van der Waals surface area contributed by atoms with Gasteiger partial charge in [-0.15, -0.1) is 0 Å². The smallest absolute Gasteiger partial charge is 0.285 e. The maximum absolute atomic E-state index is 13.9. The van der Waals surface area contributed by atoms with Crippen LogP contribution < -0.4 is 5.32 Å². The predicted molar refractivity (Wildman–Crippen MR) is 69.7 cm³/mol. The normalized spacial score (nSPS) is 24.4. The summed E-state index contributed by atoms with van der Waals surface area (Å²) in [5.41, 5.74) is 0.0944. The number of hydrogen-bond acceptors (Lipinski definition) is 1. The number of alkyl halides is 2. The van der Waals surface area contributed by atoms with E-state index in [9.17, 15) is 8.78 Å². The minimum absolute atomic E-state index is 0.0944. The SMILES string of the molecule is CC1CCCC1CNCC(F)(F)c1ccccc1. The van der Waals surface area contributed by atoms with E-state index in [2.05, 4.69) is 12.2 Å². The summed E-state index contributed by atoms with van der Waals surface area (Å²) in [6.07, 6.45) is 3.65. The van der Waals surface area contributed by atoms with Crippen LogP contribution in [-0.4, -0.2) is 13.1 Å². The predicted octanol–water partition coefficient (Wildman–Crippen LogP) is 3.80. The van der Waals surface area contributed by atoms with Crippen molar-refractivity contribution in [3.8, 4) is 0 Å². The minimum Gasteiger partial charge on any atom is -0.311 e. The minimum atomic E-state index is -2.77. The zero-order chi connectivity index (χ0) is 13.0. The molecule has 1 aliphatic rings. The number of halogens is 2. The first-order chi connectivity index (χ1) is 8.59. The molecule has 0 saturated heterocycles. The average molecular weight is 253 g/mol. The highest BCUT2D eigenvalue weighted by atomic mass is 19.3. The number of rotatable bonds is 5. The second kappa shape index (κ2) is 5.79. The monoisotopic (exact) mass is 253 g/mol. The van der Waals surface area contributed by atoms with Crippen molar-refractivity contribution in [1.82, 2.24) is 5.32 Å². The van der Waals surface area contributed by atoms with Crippen LogP contribution >= 0.6 is 0 Å². The summed E-state index contributed by atoms with van der Waals surface area (Å²) < 4.78 is 27.7. The Balaban J connectivity index is 1.82. The molecular formula is C15H21F2N. The third kappa shape index (κ3) is 3.29. The van der Waals surface area contributed by atoms with Gasteiger partial charge in [0.1, 0.15) is 0 Å². The highest BCUT2D eigenvalue weighted by molar-refractivity contribution is 5.20. The Morgan fingerprint density at radius 2 is 1.94 bits per heavy atom. The fraction of sp³-hybridized carbons (Fsp3) is 0.600. The van der Waals surface area contributed by atoms with Crippen LogP contribution in [0.1, 0.15) is 31.7 Å². The fourth-order valence-electron chi connectivity index (χ4n) is 2.72. The van der Waals surface area contributed by atoms with Crippen LogP contribution in [0.25, 0.3) is 0 Å². The van der Waals surface area contributed by atoms with Crippen LogP contribution in [0.3, 0.4) is 0 Å². The molecule has 0 aromatic heterocycles. The zero-order valence-corrected chi connectivity index (χ0v) is 10.8. The lowest BCUT2D eigenvalue weighted by molar-refractivity contribution is -0.00408. The molecule has 2 rings (SSSR count). The van der Waals surface area contributed by atoms with Crippen molar-refractivity contribution in [2.45, 2.75) is 32.1 Å². The number of benzene rings is 1. The number of nitrogens with one attached hydrogen (secondary N) is 1. The van der Waals surface area contributed by atoms with Crippen molar-refractivity contribution >= 4 is 0 Å². The topological polar surface area (TPSA) is 12.0 Å². The third-order valence-electron chi connectivity index (χ3n) is 3.99. The Kier molecular flexibility index (Phi) is 4.33. The van der Waals surface area contributed by atoms with E-state index < -0.39 is 5.92 Å². The van der Waals surface area contributed by atoms with Gasteiger partial charge < -0.3 is 5.32 Å². The lowest BCUT2D eigenvalue weighted by Crippen LogP contribution is -2.34. The summed E-state index contributed by atoms with van der Waals surface area (Å²) in [7, 11) is 0. The molecule has 1 aromatic rings. The van der Waals surface area contributed by atoms with Crippen LogP contribution in [0.15, 0.2) is 30.3 Å². The van der Waals surface area contributed by atoms with Crippen LogP contribution in [0.2, 0.25) is 0 Å². The van der Waals surface area contributed by atoms with E-state index in [0.29, 0.717) is 18.4 Å². The van der Waals surface area contributed by atoms with Crippen molar-refractivity contribution in [3.05, 3.63) is 35.9 Å². The highest BCUT2D eigenvalue weighted by Gasteiger charge is 2.31. The lowest BCUT2D eigenvalue weighted by atomic mass is 9.98. The molecule has 2 unspecified atom stereocenters. The van der Waals surface area contributed by atoms with Crippen molar-refractivity contribution in [3.63, 3.8) is 0 Å². The van der Waals surface area contributed by atoms with E-state index >= 15 is 0 Å². The third-order valence-corrected chi connectivity index (χ3v) is 3.99. The van der Waals surface area contributed by atoms with Gasteiger partial charge in [0.15, 0.2) is 0 Å². The molecule has 100 valence electrons. The maximum atomic E-state index is 13.9. The van der Waals surface area contributed by atoms with Crippen LogP contribution in [-0.2, 0) is 5.92 Å². The molecule has 0 aliphatic heterocycles. The average Bonchev–Trinajstić information content (AvgIpc) is 2.76. The first kappa shape index (κ1) is 13.5. The first-order valence-electron chi connectivity index (χ1n) is 6.73. The van der Waals surface area contributed by atoms with Gasteiger partial charge in [-0.25, -0.2) is 0 Å². The maximum Gasteiger partial charge on any atom is 0.285 e. The van der Waals surface area contributed by atoms with Crippen molar-refractivity contribution in [1.29, 1.82) is 0 Å². The van der Waals surface area contributed by atoms with Crippen molar-refractivity contribution in [2.24, 2.45) is 11.8 Å². The Morgan fingerprint density at radius 1 is 1.22 bits per heavy atom. The molecule has 1 fully saturated rings. The molecule has 1 nitrogen and oxygen atoms in total. The standard InChI is InChI=1S/C15H21F2N/c1-12-6-5-7-13(12)10-18-11-15(16,17)14-8-3-2-4-9-14/h2-4,8-9,12-13,18H,5-7,10-11H2,1H3. The van der Waals surface area contributed by atoms with E-state index in [1.807, 2.05) is 0 Å². The second-order valence-corrected chi connectivity index (χ2v) is 5.37. The Labute approximate surface area is 108 Å². The molecule has 18 heavy (non-hydrogen) atoms. The van der Waals surface area contributed by atoms with E-state index in [1.165, 1.54) is 31.4 Å².